The second-order valence-electron chi connectivity index (χ2n) is 3.06. The molecule has 1 amide bonds. The highest BCUT2D eigenvalue weighted by atomic mass is 32.1. The van der Waals surface area contributed by atoms with Crippen molar-refractivity contribution < 1.29 is 9.53 Å². The highest BCUT2D eigenvalue weighted by Gasteiger charge is 2.21. The van der Waals surface area contributed by atoms with Gasteiger partial charge in [-0.1, -0.05) is 0 Å². The van der Waals surface area contributed by atoms with Gasteiger partial charge in [0.1, 0.15) is 6.10 Å². The molecule has 0 aliphatic carbocycles. The van der Waals surface area contributed by atoms with E-state index in [1.807, 2.05) is 16.8 Å². The van der Waals surface area contributed by atoms with Crippen molar-refractivity contribution in [3.8, 4) is 0 Å². The van der Waals surface area contributed by atoms with E-state index in [1.54, 1.807) is 11.3 Å². The number of anilines is 1. The summed E-state index contributed by atoms with van der Waals surface area (Å²) in [6.07, 6.45) is -0.358. The molecule has 0 saturated carbocycles. The first-order valence-electron chi connectivity index (χ1n) is 4.51. The maximum atomic E-state index is 11.6. The monoisotopic (exact) mass is 212 g/mol. The molecule has 1 aromatic rings. The van der Waals surface area contributed by atoms with Crippen LogP contribution in [0.25, 0.3) is 0 Å². The molecule has 4 nitrogen and oxygen atoms in total. The first-order valence-corrected chi connectivity index (χ1v) is 5.46. The molecule has 0 spiro atoms. The fourth-order valence-electron chi connectivity index (χ4n) is 1.29. The van der Waals surface area contributed by atoms with Crippen molar-refractivity contribution in [2.45, 2.75) is 6.10 Å². The fourth-order valence-corrected chi connectivity index (χ4v) is 1.88. The Balaban J connectivity index is 1.88. The van der Waals surface area contributed by atoms with E-state index in [0.29, 0.717) is 13.2 Å². The standard InChI is InChI=1S/C9H12N2O2S/c12-9(8-5-10-2-3-13-8)11-7-1-4-14-6-7/h1,4,6,8,10H,2-3,5H2,(H,11,12). The zero-order valence-electron chi connectivity index (χ0n) is 7.66. The van der Waals surface area contributed by atoms with Crippen LogP contribution in [0.3, 0.4) is 0 Å². The van der Waals surface area contributed by atoms with Crippen molar-refractivity contribution in [2.75, 3.05) is 25.0 Å². The molecule has 1 fully saturated rings. The summed E-state index contributed by atoms with van der Waals surface area (Å²) in [6.45, 7) is 2.01. The summed E-state index contributed by atoms with van der Waals surface area (Å²) in [5, 5.41) is 9.73. The molecule has 1 aliphatic rings. The molecule has 1 aliphatic heterocycles. The molecule has 0 aromatic carbocycles. The van der Waals surface area contributed by atoms with E-state index in [2.05, 4.69) is 10.6 Å². The zero-order valence-corrected chi connectivity index (χ0v) is 8.47. The van der Waals surface area contributed by atoms with Crippen molar-refractivity contribution in [3.05, 3.63) is 16.8 Å². The zero-order chi connectivity index (χ0) is 9.80. The van der Waals surface area contributed by atoms with E-state index in [0.717, 1.165) is 12.2 Å². The smallest absolute Gasteiger partial charge is 0.254 e. The van der Waals surface area contributed by atoms with E-state index in [1.165, 1.54) is 0 Å². The average molecular weight is 212 g/mol. The van der Waals surface area contributed by atoms with Crippen LogP contribution in [0.1, 0.15) is 0 Å². The van der Waals surface area contributed by atoms with Gasteiger partial charge < -0.3 is 15.4 Å². The molecule has 2 N–H and O–H groups in total. The van der Waals surface area contributed by atoms with E-state index in [-0.39, 0.29) is 12.0 Å². The van der Waals surface area contributed by atoms with Crippen LogP contribution in [0.15, 0.2) is 16.8 Å². The molecule has 1 saturated heterocycles. The number of morpholine rings is 1. The van der Waals surface area contributed by atoms with Crippen molar-refractivity contribution in [2.24, 2.45) is 0 Å². The maximum absolute atomic E-state index is 11.6. The number of hydrogen-bond acceptors (Lipinski definition) is 4. The Labute approximate surface area is 86.3 Å². The van der Waals surface area contributed by atoms with Crippen LogP contribution >= 0.6 is 11.3 Å². The third-order valence-corrected chi connectivity index (χ3v) is 2.69. The minimum absolute atomic E-state index is 0.0735. The van der Waals surface area contributed by atoms with Crippen LogP contribution < -0.4 is 10.6 Å². The Kier molecular flexibility index (Phi) is 3.13. The number of thiophene rings is 1. The highest BCUT2D eigenvalue weighted by molar-refractivity contribution is 7.08. The predicted molar refractivity (Wildman–Crippen MR) is 55.6 cm³/mol. The molecule has 2 rings (SSSR count). The van der Waals surface area contributed by atoms with Gasteiger partial charge in [0.15, 0.2) is 0 Å². The number of carbonyl (C=O) groups is 1. The van der Waals surface area contributed by atoms with Gasteiger partial charge in [-0.3, -0.25) is 4.79 Å². The van der Waals surface area contributed by atoms with E-state index in [9.17, 15) is 4.79 Å². The molecule has 1 atom stereocenters. The summed E-state index contributed by atoms with van der Waals surface area (Å²) in [4.78, 5) is 11.6. The van der Waals surface area contributed by atoms with Crippen LogP contribution in [0.4, 0.5) is 5.69 Å². The van der Waals surface area contributed by atoms with Crippen LogP contribution in [0.5, 0.6) is 0 Å². The molecule has 2 heterocycles. The van der Waals surface area contributed by atoms with Crippen molar-refractivity contribution in [3.63, 3.8) is 0 Å². The molecular weight excluding hydrogens is 200 g/mol. The van der Waals surface area contributed by atoms with Gasteiger partial charge in [-0.25, -0.2) is 0 Å². The Bertz CT molecular complexity index is 294. The maximum Gasteiger partial charge on any atom is 0.254 e. The van der Waals surface area contributed by atoms with Crippen LogP contribution in [-0.2, 0) is 9.53 Å². The van der Waals surface area contributed by atoms with Gasteiger partial charge in [0.2, 0.25) is 0 Å². The van der Waals surface area contributed by atoms with Crippen LogP contribution in [0.2, 0.25) is 0 Å². The summed E-state index contributed by atoms with van der Waals surface area (Å²) in [5.74, 6) is -0.0735. The van der Waals surface area contributed by atoms with Crippen molar-refractivity contribution in [1.82, 2.24) is 5.32 Å². The Morgan fingerprint density at radius 1 is 1.71 bits per heavy atom. The first kappa shape index (κ1) is 9.64. The number of rotatable bonds is 2. The second kappa shape index (κ2) is 4.54. The molecular formula is C9H12N2O2S. The minimum Gasteiger partial charge on any atom is -0.366 e. The van der Waals surface area contributed by atoms with Gasteiger partial charge in [-0.2, -0.15) is 11.3 Å². The Hall–Kier alpha value is -0.910. The fraction of sp³-hybridized carbons (Fsp3) is 0.444. The lowest BCUT2D eigenvalue weighted by Gasteiger charge is -2.22. The first-order chi connectivity index (χ1) is 6.86. The minimum atomic E-state index is -0.358. The van der Waals surface area contributed by atoms with E-state index in [4.69, 9.17) is 4.74 Å². The molecule has 14 heavy (non-hydrogen) atoms. The lowest BCUT2D eigenvalue weighted by atomic mass is 10.3. The summed E-state index contributed by atoms with van der Waals surface area (Å²) in [6, 6.07) is 1.87. The normalized spacial score (nSPS) is 21.9. The lowest BCUT2D eigenvalue weighted by molar-refractivity contribution is -0.128. The predicted octanol–water partition coefficient (Wildman–Crippen LogP) is 0.675. The van der Waals surface area contributed by atoms with E-state index < -0.39 is 0 Å². The third kappa shape index (κ3) is 2.31. The highest BCUT2D eigenvalue weighted by Crippen LogP contribution is 2.12. The topological polar surface area (TPSA) is 50.4 Å². The van der Waals surface area contributed by atoms with Gasteiger partial charge >= 0.3 is 0 Å². The summed E-state index contributed by atoms with van der Waals surface area (Å²) in [7, 11) is 0. The molecule has 1 unspecified atom stereocenters. The molecule has 5 heteroatoms. The van der Waals surface area contributed by atoms with E-state index >= 15 is 0 Å². The number of ether oxygens (including phenoxy) is 1. The SMILES string of the molecule is O=C(Nc1ccsc1)C1CNCCO1. The van der Waals surface area contributed by atoms with Gasteiger partial charge in [0, 0.05) is 18.5 Å². The summed E-state index contributed by atoms with van der Waals surface area (Å²) >= 11 is 1.56. The molecule has 1 aromatic heterocycles. The van der Waals surface area contributed by atoms with Crippen molar-refractivity contribution in [1.29, 1.82) is 0 Å². The quantitative estimate of drug-likeness (QED) is 0.757. The summed E-state index contributed by atoms with van der Waals surface area (Å²) < 4.78 is 5.32. The van der Waals surface area contributed by atoms with Crippen molar-refractivity contribution >= 4 is 22.9 Å². The average Bonchev–Trinajstić information content (AvgIpc) is 2.72. The van der Waals surface area contributed by atoms with Gasteiger partial charge in [-0.15, -0.1) is 0 Å². The number of nitrogens with one attached hydrogen (secondary N) is 2. The summed E-state index contributed by atoms with van der Waals surface area (Å²) in [5.41, 5.74) is 0.842. The second-order valence-corrected chi connectivity index (χ2v) is 3.84. The Morgan fingerprint density at radius 3 is 3.29 bits per heavy atom. The molecule has 76 valence electrons. The lowest BCUT2D eigenvalue weighted by Crippen LogP contribution is -2.45. The van der Waals surface area contributed by atoms with Gasteiger partial charge in [0.25, 0.3) is 5.91 Å². The molecule has 0 radical (unpaired) electrons. The van der Waals surface area contributed by atoms with Crippen LogP contribution in [0, 0.1) is 0 Å². The number of hydrogen-bond donors (Lipinski definition) is 2. The number of carbonyl (C=O) groups excluding carboxylic acids is 1. The van der Waals surface area contributed by atoms with Crippen LogP contribution in [-0.4, -0.2) is 31.7 Å². The Morgan fingerprint density at radius 2 is 2.64 bits per heavy atom. The molecule has 0 bridgehead atoms. The third-order valence-electron chi connectivity index (χ3n) is 2.01. The largest absolute Gasteiger partial charge is 0.366 e. The van der Waals surface area contributed by atoms with Gasteiger partial charge in [-0.05, 0) is 11.4 Å². The number of amides is 1. The van der Waals surface area contributed by atoms with Gasteiger partial charge in [0.05, 0.1) is 12.3 Å².